The van der Waals surface area contributed by atoms with Gasteiger partial charge in [-0.1, -0.05) is 6.92 Å². The van der Waals surface area contributed by atoms with Crippen molar-refractivity contribution in [1.29, 1.82) is 0 Å². The number of likely N-dealkylation sites (tertiary alicyclic amines) is 1. The Morgan fingerprint density at radius 1 is 1.50 bits per heavy atom. The Bertz CT molecular complexity index is 308. The standard InChI is InChI=1S/C12H22N2O4/c1-4-13(8-11(15)16)12(17)14-6-5-9(2)10(7-14)18-3/h9-10H,4-8H2,1-3H3,(H,15,16). The summed E-state index contributed by atoms with van der Waals surface area (Å²) in [6.45, 7) is 5.22. The number of urea groups is 1. The normalized spacial score (nSPS) is 23.8. The third-order valence-corrected chi connectivity index (χ3v) is 3.44. The van der Waals surface area contributed by atoms with E-state index in [1.54, 1.807) is 18.9 Å². The van der Waals surface area contributed by atoms with E-state index < -0.39 is 5.97 Å². The van der Waals surface area contributed by atoms with E-state index in [1.165, 1.54) is 4.90 Å². The first-order chi connectivity index (χ1) is 8.49. The monoisotopic (exact) mass is 258 g/mol. The van der Waals surface area contributed by atoms with Crippen LogP contribution in [0.15, 0.2) is 0 Å². The second-order valence-corrected chi connectivity index (χ2v) is 4.68. The Labute approximate surface area is 107 Å². The van der Waals surface area contributed by atoms with E-state index >= 15 is 0 Å². The molecule has 6 heteroatoms. The minimum atomic E-state index is -0.987. The summed E-state index contributed by atoms with van der Waals surface area (Å²) in [5.41, 5.74) is 0. The van der Waals surface area contributed by atoms with Gasteiger partial charge in [-0.3, -0.25) is 4.79 Å². The smallest absolute Gasteiger partial charge is 0.323 e. The number of carbonyl (C=O) groups is 2. The lowest BCUT2D eigenvalue weighted by atomic mass is 9.96. The fourth-order valence-electron chi connectivity index (χ4n) is 2.19. The Morgan fingerprint density at radius 2 is 2.17 bits per heavy atom. The SMILES string of the molecule is CCN(CC(=O)O)C(=O)N1CCC(C)C(OC)C1. The predicted octanol–water partition coefficient (Wildman–Crippen LogP) is 0.870. The van der Waals surface area contributed by atoms with Crippen molar-refractivity contribution in [3.63, 3.8) is 0 Å². The summed E-state index contributed by atoms with van der Waals surface area (Å²) in [6.07, 6.45) is 0.917. The largest absolute Gasteiger partial charge is 0.480 e. The van der Waals surface area contributed by atoms with Gasteiger partial charge in [0.15, 0.2) is 0 Å². The molecule has 18 heavy (non-hydrogen) atoms. The van der Waals surface area contributed by atoms with Crippen LogP contribution in [0.1, 0.15) is 20.3 Å². The third kappa shape index (κ3) is 3.60. The van der Waals surface area contributed by atoms with Crippen LogP contribution >= 0.6 is 0 Å². The highest BCUT2D eigenvalue weighted by Gasteiger charge is 2.31. The van der Waals surface area contributed by atoms with Gasteiger partial charge in [0.05, 0.1) is 6.10 Å². The zero-order valence-corrected chi connectivity index (χ0v) is 11.3. The fraction of sp³-hybridized carbons (Fsp3) is 0.833. The van der Waals surface area contributed by atoms with Crippen molar-refractivity contribution in [2.75, 3.05) is 33.3 Å². The molecule has 2 unspecified atom stereocenters. The highest BCUT2D eigenvalue weighted by Crippen LogP contribution is 2.20. The van der Waals surface area contributed by atoms with E-state index in [0.717, 1.165) is 6.42 Å². The van der Waals surface area contributed by atoms with Crippen molar-refractivity contribution >= 4 is 12.0 Å². The van der Waals surface area contributed by atoms with Crippen molar-refractivity contribution in [2.24, 2.45) is 5.92 Å². The van der Waals surface area contributed by atoms with Crippen LogP contribution in [0.25, 0.3) is 0 Å². The summed E-state index contributed by atoms with van der Waals surface area (Å²) in [5.74, 6) is -0.563. The second kappa shape index (κ2) is 6.58. The second-order valence-electron chi connectivity index (χ2n) is 4.68. The van der Waals surface area contributed by atoms with E-state index in [2.05, 4.69) is 6.92 Å². The number of likely N-dealkylation sites (N-methyl/N-ethyl adjacent to an activating group) is 1. The summed E-state index contributed by atoms with van der Waals surface area (Å²) in [6, 6.07) is -0.214. The number of ether oxygens (including phenoxy) is 1. The van der Waals surface area contributed by atoms with Gasteiger partial charge in [0.1, 0.15) is 6.54 Å². The topological polar surface area (TPSA) is 70.1 Å². The van der Waals surface area contributed by atoms with Gasteiger partial charge in [0.25, 0.3) is 0 Å². The predicted molar refractivity (Wildman–Crippen MR) is 66.4 cm³/mol. The van der Waals surface area contributed by atoms with Crippen LogP contribution in [-0.2, 0) is 9.53 Å². The summed E-state index contributed by atoms with van der Waals surface area (Å²) in [4.78, 5) is 25.9. The molecule has 0 radical (unpaired) electrons. The summed E-state index contributed by atoms with van der Waals surface area (Å²) in [7, 11) is 1.64. The number of rotatable bonds is 4. The zero-order valence-electron chi connectivity index (χ0n) is 11.3. The number of carboxylic acid groups (broad SMARTS) is 1. The van der Waals surface area contributed by atoms with Crippen LogP contribution in [-0.4, -0.2) is 66.3 Å². The molecule has 1 fully saturated rings. The average molecular weight is 258 g/mol. The molecule has 0 saturated carbocycles. The molecule has 1 saturated heterocycles. The van der Waals surface area contributed by atoms with Gasteiger partial charge in [0, 0.05) is 26.7 Å². The number of hydrogen-bond acceptors (Lipinski definition) is 3. The summed E-state index contributed by atoms with van der Waals surface area (Å²) >= 11 is 0. The molecule has 1 heterocycles. The molecule has 0 aromatic heterocycles. The molecular formula is C12H22N2O4. The Hall–Kier alpha value is -1.30. The Kier molecular flexibility index (Phi) is 5.40. The molecule has 1 N–H and O–H groups in total. The molecular weight excluding hydrogens is 236 g/mol. The zero-order chi connectivity index (χ0) is 13.7. The maximum absolute atomic E-state index is 12.2. The van der Waals surface area contributed by atoms with Gasteiger partial charge in [-0.2, -0.15) is 0 Å². The molecule has 104 valence electrons. The van der Waals surface area contributed by atoms with Crippen LogP contribution < -0.4 is 0 Å². The first-order valence-electron chi connectivity index (χ1n) is 6.28. The van der Waals surface area contributed by atoms with E-state index in [4.69, 9.17) is 9.84 Å². The highest BCUT2D eigenvalue weighted by atomic mass is 16.5. The first kappa shape index (κ1) is 14.8. The lowest BCUT2D eigenvalue weighted by molar-refractivity contribution is -0.137. The van der Waals surface area contributed by atoms with Crippen LogP contribution in [0.4, 0.5) is 4.79 Å². The fourth-order valence-corrected chi connectivity index (χ4v) is 2.19. The summed E-state index contributed by atoms with van der Waals surface area (Å²) in [5, 5.41) is 8.77. The number of nitrogens with zero attached hydrogens (tertiary/aromatic N) is 2. The van der Waals surface area contributed by atoms with E-state index in [-0.39, 0.29) is 18.7 Å². The van der Waals surface area contributed by atoms with E-state index in [0.29, 0.717) is 25.6 Å². The van der Waals surface area contributed by atoms with Crippen molar-refractivity contribution in [3.05, 3.63) is 0 Å². The molecule has 1 aliphatic rings. The van der Waals surface area contributed by atoms with Crippen molar-refractivity contribution < 1.29 is 19.4 Å². The van der Waals surface area contributed by atoms with Crippen molar-refractivity contribution in [2.45, 2.75) is 26.4 Å². The number of methoxy groups -OCH3 is 1. The molecule has 2 atom stereocenters. The number of hydrogen-bond donors (Lipinski definition) is 1. The molecule has 0 aromatic carbocycles. The number of aliphatic carboxylic acids is 1. The maximum atomic E-state index is 12.2. The van der Waals surface area contributed by atoms with Crippen LogP contribution in [0.3, 0.4) is 0 Å². The number of carbonyl (C=O) groups excluding carboxylic acids is 1. The van der Waals surface area contributed by atoms with Crippen molar-refractivity contribution in [3.8, 4) is 0 Å². The van der Waals surface area contributed by atoms with Gasteiger partial charge in [0.2, 0.25) is 0 Å². The maximum Gasteiger partial charge on any atom is 0.323 e. The quantitative estimate of drug-likeness (QED) is 0.812. The lowest BCUT2D eigenvalue weighted by Crippen LogP contribution is -2.52. The van der Waals surface area contributed by atoms with Gasteiger partial charge in [-0.15, -0.1) is 0 Å². The molecule has 2 amide bonds. The third-order valence-electron chi connectivity index (χ3n) is 3.44. The van der Waals surface area contributed by atoms with Gasteiger partial charge < -0.3 is 19.6 Å². The Balaban J connectivity index is 2.62. The molecule has 0 bridgehead atoms. The molecule has 0 aliphatic carbocycles. The van der Waals surface area contributed by atoms with Gasteiger partial charge in [-0.25, -0.2) is 4.79 Å². The van der Waals surface area contributed by atoms with Gasteiger partial charge >= 0.3 is 12.0 Å². The molecule has 1 aliphatic heterocycles. The molecule has 0 spiro atoms. The molecule has 6 nitrogen and oxygen atoms in total. The lowest BCUT2D eigenvalue weighted by Gasteiger charge is -2.38. The number of amides is 2. The minimum absolute atomic E-state index is 0.0336. The van der Waals surface area contributed by atoms with E-state index in [1.807, 2.05) is 0 Å². The number of piperidine rings is 1. The molecule has 0 aromatic rings. The Morgan fingerprint density at radius 3 is 2.67 bits per heavy atom. The molecule has 1 rings (SSSR count). The summed E-state index contributed by atoms with van der Waals surface area (Å²) < 4.78 is 5.35. The van der Waals surface area contributed by atoms with Crippen LogP contribution in [0.2, 0.25) is 0 Å². The minimum Gasteiger partial charge on any atom is -0.480 e. The average Bonchev–Trinajstić information content (AvgIpc) is 2.35. The van der Waals surface area contributed by atoms with Crippen LogP contribution in [0.5, 0.6) is 0 Å². The van der Waals surface area contributed by atoms with Gasteiger partial charge in [-0.05, 0) is 19.3 Å². The van der Waals surface area contributed by atoms with E-state index in [9.17, 15) is 9.59 Å². The van der Waals surface area contributed by atoms with Crippen molar-refractivity contribution in [1.82, 2.24) is 9.80 Å². The first-order valence-corrected chi connectivity index (χ1v) is 6.28. The van der Waals surface area contributed by atoms with Crippen LogP contribution in [0, 0.1) is 5.92 Å². The highest BCUT2D eigenvalue weighted by molar-refractivity contribution is 5.80. The number of carboxylic acids is 1.